The largest absolute Gasteiger partial charge is 0.453 e. The van der Waals surface area contributed by atoms with Crippen LogP contribution in [0.4, 0.5) is 0 Å². The molecule has 1 aliphatic heterocycles. The SMILES string of the molecule is CC1(C)NC(=O)c2cc(-c3ccc(C=O)o3)ccc21. The zero-order chi connectivity index (χ0) is 13.6. The summed E-state index contributed by atoms with van der Waals surface area (Å²) in [6, 6.07) is 8.95. The molecule has 0 bridgehead atoms. The Balaban J connectivity index is 2.10. The van der Waals surface area contributed by atoms with Crippen LogP contribution in [0.5, 0.6) is 0 Å². The maximum absolute atomic E-state index is 11.9. The van der Waals surface area contributed by atoms with Crippen LogP contribution in [-0.2, 0) is 5.54 Å². The lowest BCUT2D eigenvalue weighted by molar-refractivity contribution is 0.0940. The number of amides is 1. The van der Waals surface area contributed by atoms with Crippen LogP contribution in [0.25, 0.3) is 11.3 Å². The number of aldehydes is 1. The molecule has 96 valence electrons. The maximum Gasteiger partial charge on any atom is 0.252 e. The van der Waals surface area contributed by atoms with Crippen LogP contribution >= 0.6 is 0 Å². The van der Waals surface area contributed by atoms with Crippen LogP contribution in [0, 0.1) is 0 Å². The summed E-state index contributed by atoms with van der Waals surface area (Å²) in [6.07, 6.45) is 0.659. The summed E-state index contributed by atoms with van der Waals surface area (Å²) in [5.74, 6) is 0.784. The fraction of sp³-hybridized carbons (Fsp3) is 0.200. The van der Waals surface area contributed by atoms with E-state index in [2.05, 4.69) is 5.32 Å². The Kier molecular flexibility index (Phi) is 2.35. The van der Waals surface area contributed by atoms with Crippen molar-refractivity contribution < 1.29 is 14.0 Å². The van der Waals surface area contributed by atoms with Crippen LogP contribution in [0.3, 0.4) is 0 Å². The summed E-state index contributed by atoms with van der Waals surface area (Å²) in [5.41, 5.74) is 2.08. The molecule has 19 heavy (non-hydrogen) atoms. The average molecular weight is 255 g/mol. The Morgan fingerprint density at radius 1 is 1.21 bits per heavy atom. The fourth-order valence-corrected chi connectivity index (χ4v) is 2.42. The topological polar surface area (TPSA) is 59.3 Å². The molecule has 0 saturated heterocycles. The summed E-state index contributed by atoms with van der Waals surface area (Å²) >= 11 is 0. The molecule has 0 spiro atoms. The van der Waals surface area contributed by atoms with Crippen molar-refractivity contribution in [2.45, 2.75) is 19.4 Å². The monoisotopic (exact) mass is 255 g/mol. The Hall–Kier alpha value is -2.36. The first-order valence-corrected chi connectivity index (χ1v) is 6.04. The van der Waals surface area contributed by atoms with Crippen LogP contribution in [0.15, 0.2) is 34.7 Å². The first-order valence-electron chi connectivity index (χ1n) is 6.04. The molecule has 3 rings (SSSR count). The molecule has 2 aromatic rings. The lowest BCUT2D eigenvalue weighted by Gasteiger charge is -2.18. The molecule has 0 unspecified atom stereocenters. The van der Waals surface area contributed by atoms with Crippen molar-refractivity contribution in [1.29, 1.82) is 0 Å². The maximum atomic E-state index is 11.9. The first-order chi connectivity index (χ1) is 9.01. The summed E-state index contributed by atoms with van der Waals surface area (Å²) in [7, 11) is 0. The number of carbonyl (C=O) groups excluding carboxylic acids is 2. The molecule has 0 radical (unpaired) electrons. The summed E-state index contributed by atoms with van der Waals surface area (Å²) in [5, 5.41) is 2.93. The van der Waals surface area contributed by atoms with E-state index in [-0.39, 0.29) is 17.2 Å². The van der Waals surface area contributed by atoms with Gasteiger partial charge in [0.2, 0.25) is 0 Å². The van der Waals surface area contributed by atoms with E-state index in [1.165, 1.54) is 0 Å². The van der Waals surface area contributed by atoms with Gasteiger partial charge < -0.3 is 9.73 Å². The predicted octanol–water partition coefficient (Wildman–Crippen LogP) is 2.74. The summed E-state index contributed by atoms with van der Waals surface area (Å²) < 4.78 is 5.37. The summed E-state index contributed by atoms with van der Waals surface area (Å²) in [4.78, 5) is 22.5. The number of benzene rings is 1. The van der Waals surface area contributed by atoms with Crippen molar-refractivity contribution in [2.75, 3.05) is 0 Å². The van der Waals surface area contributed by atoms with Crippen molar-refractivity contribution in [3.63, 3.8) is 0 Å². The van der Waals surface area contributed by atoms with Gasteiger partial charge in [0.1, 0.15) is 5.76 Å². The number of hydrogen-bond donors (Lipinski definition) is 1. The minimum absolute atomic E-state index is 0.0796. The highest BCUT2D eigenvalue weighted by Crippen LogP contribution is 2.33. The van der Waals surface area contributed by atoms with Gasteiger partial charge in [0.15, 0.2) is 12.0 Å². The van der Waals surface area contributed by atoms with E-state index in [1.807, 2.05) is 26.0 Å². The standard InChI is InChI=1S/C15H13NO3/c1-15(2)12-5-3-9(7-11(12)14(18)16-15)13-6-4-10(8-17)19-13/h3-8H,1-2H3,(H,16,18). The fourth-order valence-electron chi connectivity index (χ4n) is 2.42. The zero-order valence-corrected chi connectivity index (χ0v) is 10.7. The van der Waals surface area contributed by atoms with Gasteiger partial charge in [-0.2, -0.15) is 0 Å². The van der Waals surface area contributed by atoms with Crippen LogP contribution in [-0.4, -0.2) is 12.2 Å². The molecule has 1 N–H and O–H groups in total. The number of furan rings is 1. The quantitative estimate of drug-likeness (QED) is 0.839. The van der Waals surface area contributed by atoms with Crippen LogP contribution in [0.2, 0.25) is 0 Å². The van der Waals surface area contributed by atoms with E-state index in [9.17, 15) is 9.59 Å². The molecular weight excluding hydrogens is 242 g/mol. The zero-order valence-electron chi connectivity index (χ0n) is 10.7. The van der Waals surface area contributed by atoms with Crippen molar-refractivity contribution in [3.05, 3.63) is 47.2 Å². The highest BCUT2D eigenvalue weighted by atomic mass is 16.3. The molecular formula is C15H13NO3. The Labute approximate surface area is 110 Å². The van der Waals surface area contributed by atoms with E-state index in [1.54, 1.807) is 18.2 Å². The molecule has 1 aromatic heterocycles. The van der Waals surface area contributed by atoms with Gasteiger partial charge in [-0.15, -0.1) is 0 Å². The van der Waals surface area contributed by atoms with Crippen molar-refractivity contribution in [2.24, 2.45) is 0 Å². The van der Waals surface area contributed by atoms with Gasteiger partial charge in [0.25, 0.3) is 5.91 Å². The number of rotatable bonds is 2. The second kappa shape index (κ2) is 3.82. The van der Waals surface area contributed by atoms with E-state index < -0.39 is 0 Å². The van der Waals surface area contributed by atoms with Gasteiger partial charge in [-0.3, -0.25) is 9.59 Å². The van der Waals surface area contributed by atoms with Gasteiger partial charge >= 0.3 is 0 Å². The molecule has 0 fully saturated rings. The number of nitrogens with one attached hydrogen (secondary N) is 1. The van der Waals surface area contributed by atoms with E-state index >= 15 is 0 Å². The van der Waals surface area contributed by atoms with Crippen LogP contribution in [0.1, 0.15) is 40.3 Å². The van der Waals surface area contributed by atoms with E-state index in [4.69, 9.17) is 4.42 Å². The Bertz CT molecular complexity index is 682. The highest BCUT2D eigenvalue weighted by Gasteiger charge is 2.34. The second-order valence-electron chi connectivity index (χ2n) is 5.16. The van der Waals surface area contributed by atoms with E-state index in [0.717, 1.165) is 11.1 Å². The van der Waals surface area contributed by atoms with Crippen molar-refractivity contribution in [1.82, 2.24) is 5.32 Å². The van der Waals surface area contributed by atoms with Crippen molar-refractivity contribution >= 4 is 12.2 Å². The smallest absolute Gasteiger partial charge is 0.252 e. The first kappa shape index (κ1) is 11.7. The van der Waals surface area contributed by atoms with Gasteiger partial charge in [-0.25, -0.2) is 0 Å². The molecule has 0 saturated carbocycles. The highest BCUT2D eigenvalue weighted by molar-refractivity contribution is 6.00. The molecule has 1 aliphatic rings. The molecule has 1 amide bonds. The molecule has 2 heterocycles. The third-order valence-corrected chi connectivity index (χ3v) is 3.39. The normalized spacial score (nSPS) is 16.0. The number of fused-ring (bicyclic) bond motifs is 1. The second-order valence-corrected chi connectivity index (χ2v) is 5.16. The van der Waals surface area contributed by atoms with Gasteiger partial charge in [-0.1, -0.05) is 12.1 Å². The number of hydrogen-bond acceptors (Lipinski definition) is 3. The van der Waals surface area contributed by atoms with Gasteiger partial charge in [0.05, 0.1) is 5.54 Å². The molecule has 4 heteroatoms. The molecule has 0 atom stereocenters. The van der Waals surface area contributed by atoms with Crippen LogP contribution < -0.4 is 5.32 Å². The van der Waals surface area contributed by atoms with E-state index in [0.29, 0.717) is 17.6 Å². The van der Waals surface area contributed by atoms with Crippen molar-refractivity contribution in [3.8, 4) is 11.3 Å². The lowest BCUT2D eigenvalue weighted by Crippen LogP contribution is -2.32. The molecule has 4 nitrogen and oxygen atoms in total. The predicted molar refractivity (Wildman–Crippen MR) is 70.0 cm³/mol. The van der Waals surface area contributed by atoms with Gasteiger partial charge in [-0.05, 0) is 37.6 Å². The minimum atomic E-state index is -0.345. The third kappa shape index (κ3) is 1.76. The van der Waals surface area contributed by atoms with Gasteiger partial charge in [0, 0.05) is 11.1 Å². The minimum Gasteiger partial charge on any atom is -0.453 e. The number of carbonyl (C=O) groups is 2. The Morgan fingerprint density at radius 2 is 2.00 bits per heavy atom. The molecule has 1 aromatic carbocycles. The Morgan fingerprint density at radius 3 is 2.68 bits per heavy atom. The molecule has 0 aliphatic carbocycles. The lowest BCUT2D eigenvalue weighted by atomic mass is 9.93. The third-order valence-electron chi connectivity index (χ3n) is 3.39. The average Bonchev–Trinajstić information content (AvgIpc) is 2.93. The summed E-state index contributed by atoms with van der Waals surface area (Å²) in [6.45, 7) is 3.93.